The highest BCUT2D eigenvalue weighted by molar-refractivity contribution is 9.10. The Hall–Kier alpha value is -1.89. The number of benzene rings is 1. The summed E-state index contributed by atoms with van der Waals surface area (Å²) in [5.41, 5.74) is 8.23. The molecule has 0 aliphatic carbocycles. The molecule has 3 N–H and O–H groups in total. The second-order valence-corrected chi connectivity index (χ2v) is 5.93. The average molecular weight is 339 g/mol. The van der Waals surface area contributed by atoms with Gasteiger partial charge in [-0.3, -0.25) is 15.2 Å². The highest BCUT2D eigenvalue weighted by atomic mass is 79.9. The number of nitrogens with two attached hydrogens (primary N) is 1. The minimum absolute atomic E-state index is 0.0260. The molecule has 7 heteroatoms. The molecule has 20 heavy (non-hydrogen) atoms. The molecular formula is C13H15BrN4O2. The van der Waals surface area contributed by atoms with Crippen molar-refractivity contribution in [3.63, 3.8) is 0 Å². The van der Waals surface area contributed by atoms with Gasteiger partial charge < -0.3 is 5.73 Å². The second kappa shape index (κ2) is 5.62. The summed E-state index contributed by atoms with van der Waals surface area (Å²) in [6.45, 7) is 4.17. The van der Waals surface area contributed by atoms with E-state index in [2.05, 4.69) is 40.0 Å². The van der Waals surface area contributed by atoms with E-state index < -0.39 is 4.92 Å². The molecule has 1 aromatic heterocycles. The quantitative estimate of drug-likeness (QED) is 0.658. The molecule has 1 aromatic carbocycles. The zero-order valence-electron chi connectivity index (χ0n) is 11.2. The van der Waals surface area contributed by atoms with Crippen LogP contribution in [0.2, 0.25) is 0 Å². The standard InChI is InChI=1S/C13H15BrN4O2/c1-7(2)3-11-12(16-17-13(11)15)8-4-9(14)6-10(5-8)18(19)20/h4-7H,3H2,1-2H3,(H3,15,16,17). The first-order chi connectivity index (χ1) is 9.38. The van der Waals surface area contributed by atoms with Crippen molar-refractivity contribution in [3.8, 4) is 11.3 Å². The molecule has 0 amide bonds. The lowest BCUT2D eigenvalue weighted by Gasteiger charge is -2.07. The van der Waals surface area contributed by atoms with Gasteiger partial charge in [-0.2, -0.15) is 5.10 Å². The molecule has 0 spiro atoms. The van der Waals surface area contributed by atoms with E-state index in [4.69, 9.17) is 5.73 Å². The number of halogens is 1. The van der Waals surface area contributed by atoms with Crippen LogP contribution in [-0.4, -0.2) is 15.1 Å². The molecule has 0 aliphatic heterocycles. The summed E-state index contributed by atoms with van der Waals surface area (Å²) in [6, 6.07) is 4.79. The monoisotopic (exact) mass is 338 g/mol. The Balaban J connectivity index is 2.54. The SMILES string of the molecule is CC(C)Cc1c(N)n[nH]c1-c1cc(Br)cc([N+](=O)[O-])c1. The summed E-state index contributed by atoms with van der Waals surface area (Å²) >= 11 is 3.29. The summed E-state index contributed by atoms with van der Waals surface area (Å²) in [7, 11) is 0. The summed E-state index contributed by atoms with van der Waals surface area (Å²) in [6.07, 6.45) is 0.762. The van der Waals surface area contributed by atoms with Gasteiger partial charge in [0.2, 0.25) is 0 Å². The average Bonchev–Trinajstić information content (AvgIpc) is 2.69. The molecule has 0 aliphatic rings. The third-order valence-corrected chi connectivity index (χ3v) is 3.35. The first-order valence-corrected chi connectivity index (χ1v) is 6.96. The van der Waals surface area contributed by atoms with Crippen molar-refractivity contribution in [1.29, 1.82) is 0 Å². The van der Waals surface area contributed by atoms with Crippen LogP contribution in [0.4, 0.5) is 11.5 Å². The van der Waals surface area contributed by atoms with Gasteiger partial charge in [0.25, 0.3) is 5.69 Å². The molecule has 2 rings (SSSR count). The van der Waals surface area contributed by atoms with Gasteiger partial charge in [-0.15, -0.1) is 0 Å². The van der Waals surface area contributed by atoms with Crippen LogP contribution in [0.25, 0.3) is 11.3 Å². The minimum Gasteiger partial charge on any atom is -0.382 e. The highest BCUT2D eigenvalue weighted by Gasteiger charge is 2.17. The number of nitro benzene ring substituents is 1. The van der Waals surface area contributed by atoms with Gasteiger partial charge in [-0.25, -0.2) is 0 Å². The number of anilines is 1. The number of non-ortho nitro benzene ring substituents is 1. The van der Waals surface area contributed by atoms with Gasteiger partial charge in [-0.1, -0.05) is 29.8 Å². The second-order valence-electron chi connectivity index (χ2n) is 5.02. The van der Waals surface area contributed by atoms with E-state index in [0.717, 1.165) is 17.7 Å². The molecule has 1 heterocycles. The molecule has 2 aromatic rings. The molecule has 0 saturated heterocycles. The van der Waals surface area contributed by atoms with Crippen molar-refractivity contribution in [2.75, 3.05) is 5.73 Å². The van der Waals surface area contributed by atoms with E-state index in [1.165, 1.54) is 12.1 Å². The Morgan fingerprint density at radius 3 is 2.75 bits per heavy atom. The maximum atomic E-state index is 10.9. The predicted octanol–water partition coefficient (Wildman–Crippen LogP) is 3.53. The van der Waals surface area contributed by atoms with Crippen LogP contribution in [0.1, 0.15) is 19.4 Å². The number of nitrogen functional groups attached to an aromatic ring is 1. The van der Waals surface area contributed by atoms with Gasteiger partial charge in [0.15, 0.2) is 0 Å². The first kappa shape index (κ1) is 14.5. The Bertz CT molecular complexity index is 652. The Labute approximate surface area is 124 Å². The fourth-order valence-corrected chi connectivity index (χ4v) is 2.54. The number of nitrogens with zero attached hydrogens (tertiary/aromatic N) is 2. The van der Waals surface area contributed by atoms with Crippen LogP contribution < -0.4 is 5.73 Å². The number of hydrogen-bond donors (Lipinski definition) is 2. The molecule has 0 atom stereocenters. The maximum Gasteiger partial charge on any atom is 0.271 e. The molecule has 0 bridgehead atoms. The zero-order chi connectivity index (χ0) is 14.9. The number of aromatic amines is 1. The van der Waals surface area contributed by atoms with E-state index in [9.17, 15) is 10.1 Å². The molecule has 0 unspecified atom stereocenters. The lowest BCUT2D eigenvalue weighted by molar-refractivity contribution is -0.384. The van der Waals surface area contributed by atoms with Crippen LogP contribution in [0, 0.1) is 16.0 Å². The first-order valence-electron chi connectivity index (χ1n) is 6.16. The summed E-state index contributed by atoms with van der Waals surface area (Å²) in [5, 5.41) is 17.8. The molecule has 6 nitrogen and oxygen atoms in total. The Kier molecular flexibility index (Phi) is 4.08. The van der Waals surface area contributed by atoms with Crippen molar-refractivity contribution < 1.29 is 4.92 Å². The molecule has 106 valence electrons. The lowest BCUT2D eigenvalue weighted by Crippen LogP contribution is -1.99. The third-order valence-electron chi connectivity index (χ3n) is 2.89. The molecule has 0 radical (unpaired) electrons. The van der Waals surface area contributed by atoms with E-state index in [0.29, 0.717) is 21.8 Å². The van der Waals surface area contributed by atoms with E-state index in [1.54, 1.807) is 0 Å². The van der Waals surface area contributed by atoms with Crippen LogP contribution >= 0.6 is 15.9 Å². The van der Waals surface area contributed by atoms with Crippen LogP contribution in [0.3, 0.4) is 0 Å². The molecule has 0 saturated carbocycles. The normalized spacial score (nSPS) is 11.0. The lowest BCUT2D eigenvalue weighted by atomic mass is 9.99. The number of H-pyrrole nitrogens is 1. The zero-order valence-corrected chi connectivity index (χ0v) is 12.8. The third kappa shape index (κ3) is 2.98. The number of aromatic nitrogens is 2. The van der Waals surface area contributed by atoms with Crippen molar-refractivity contribution >= 4 is 27.4 Å². The maximum absolute atomic E-state index is 10.9. The Morgan fingerprint density at radius 2 is 2.15 bits per heavy atom. The van der Waals surface area contributed by atoms with Crippen molar-refractivity contribution in [1.82, 2.24) is 10.2 Å². The highest BCUT2D eigenvalue weighted by Crippen LogP contribution is 2.32. The molecular weight excluding hydrogens is 324 g/mol. The fourth-order valence-electron chi connectivity index (χ4n) is 2.06. The van der Waals surface area contributed by atoms with Gasteiger partial charge in [0, 0.05) is 27.7 Å². The van der Waals surface area contributed by atoms with Gasteiger partial charge in [0.1, 0.15) is 5.82 Å². The van der Waals surface area contributed by atoms with E-state index in [-0.39, 0.29) is 5.69 Å². The Morgan fingerprint density at radius 1 is 1.45 bits per heavy atom. The predicted molar refractivity (Wildman–Crippen MR) is 81.3 cm³/mol. The number of nitrogens with one attached hydrogen (secondary N) is 1. The van der Waals surface area contributed by atoms with Crippen LogP contribution in [0.15, 0.2) is 22.7 Å². The van der Waals surface area contributed by atoms with Crippen LogP contribution in [-0.2, 0) is 6.42 Å². The summed E-state index contributed by atoms with van der Waals surface area (Å²) in [4.78, 5) is 10.5. The van der Waals surface area contributed by atoms with E-state index in [1.807, 2.05) is 6.07 Å². The van der Waals surface area contributed by atoms with Crippen molar-refractivity contribution in [2.45, 2.75) is 20.3 Å². The summed E-state index contributed by atoms with van der Waals surface area (Å²) < 4.78 is 0.644. The fraction of sp³-hybridized carbons (Fsp3) is 0.308. The topological polar surface area (TPSA) is 97.8 Å². The van der Waals surface area contributed by atoms with Gasteiger partial charge in [-0.05, 0) is 18.4 Å². The number of rotatable bonds is 4. The minimum atomic E-state index is -0.421. The van der Waals surface area contributed by atoms with Crippen LogP contribution in [0.5, 0.6) is 0 Å². The van der Waals surface area contributed by atoms with Gasteiger partial charge in [0.05, 0.1) is 10.6 Å². The number of hydrogen-bond acceptors (Lipinski definition) is 4. The van der Waals surface area contributed by atoms with Crippen molar-refractivity contribution in [3.05, 3.63) is 38.3 Å². The van der Waals surface area contributed by atoms with E-state index >= 15 is 0 Å². The summed E-state index contributed by atoms with van der Waals surface area (Å²) in [5.74, 6) is 0.854. The van der Waals surface area contributed by atoms with Crippen molar-refractivity contribution in [2.24, 2.45) is 5.92 Å². The smallest absolute Gasteiger partial charge is 0.271 e. The van der Waals surface area contributed by atoms with Gasteiger partial charge >= 0.3 is 0 Å². The largest absolute Gasteiger partial charge is 0.382 e. The number of nitro groups is 1. The molecule has 0 fully saturated rings.